The molecule has 16 heavy (non-hydrogen) atoms. The molecule has 0 aromatic heterocycles. The number of nitrogens with zero attached hydrogens (tertiary/aromatic N) is 1. The van der Waals surface area contributed by atoms with Gasteiger partial charge in [0.1, 0.15) is 0 Å². The molecule has 1 N–H and O–H groups in total. The molecular weight excluding hydrogens is 265 g/mol. The molecule has 0 unspecified atom stereocenters. The fraction of sp³-hybridized carbons (Fsp3) is 0. The summed E-state index contributed by atoms with van der Waals surface area (Å²) in [6.07, 6.45) is 0. The maximum absolute atomic E-state index is 9.37. The summed E-state index contributed by atoms with van der Waals surface area (Å²) in [4.78, 5) is 4.44. The van der Waals surface area contributed by atoms with Crippen molar-refractivity contribution in [3.8, 4) is 0 Å². The Morgan fingerprint density at radius 3 is 2.00 bits per heavy atom. The Hall–Kier alpha value is -1.41. The third kappa shape index (κ3) is 2.80. The summed E-state index contributed by atoms with van der Waals surface area (Å²) < 4.78 is 10.1. The van der Waals surface area contributed by atoms with Crippen molar-refractivity contribution in [2.45, 2.75) is 0 Å². The van der Waals surface area contributed by atoms with Crippen LogP contribution in [0.2, 0.25) is 0 Å². The van der Waals surface area contributed by atoms with Gasteiger partial charge in [0.05, 0.1) is 0 Å². The molecule has 3 heteroatoms. The standard InChI is InChI=1S/C13H11NOSe/c15-16-13(11-7-3-1-4-8-11)14-12-9-5-2-6-10-12/h1-10,15H. The van der Waals surface area contributed by atoms with Gasteiger partial charge in [-0.15, -0.1) is 0 Å². The molecule has 0 spiro atoms. The molecule has 2 nitrogen and oxygen atoms in total. The second-order valence-corrected chi connectivity index (χ2v) is 4.40. The molecule has 2 rings (SSSR count). The van der Waals surface area contributed by atoms with E-state index in [9.17, 15) is 4.19 Å². The van der Waals surface area contributed by atoms with Crippen LogP contribution in [0.1, 0.15) is 5.56 Å². The summed E-state index contributed by atoms with van der Waals surface area (Å²) >= 11 is -0.600. The van der Waals surface area contributed by atoms with E-state index in [1.54, 1.807) is 0 Å². The number of rotatable bonds is 3. The average Bonchev–Trinajstić information content (AvgIpc) is 2.38. The normalized spacial score (nSPS) is 11.4. The van der Waals surface area contributed by atoms with Crippen molar-refractivity contribution in [2.24, 2.45) is 4.99 Å². The van der Waals surface area contributed by atoms with Crippen LogP contribution in [0.3, 0.4) is 0 Å². The fourth-order valence-corrected chi connectivity index (χ4v) is 2.15. The Morgan fingerprint density at radius 1 is 0.875 bits per heavy atom. The van der Waals surface area contributed by atoms with Crippen molar-refractivity contribution in [3.05, 3.63) is 66.2 Å². The predicted molar refractivity (Wildman–Crippen MR) is 67.1 cm³/mol. The molecule has 2 aromatic carbocycles. The van der Waals surface area contributed by atoms with Gasteiger partial charge >= 0.3 is 101 Å². The van der Waals surface area contributed by atoms with Crippen LogP contribution in [0, 0.1) is 0 Å². The van der Waals surface area contributed by atoms with Crippen LogP contribution < -0.4 is 0 Å². The Kier molecular flexibility index (Phi) is 3.89. The molecule has 80 valence electrons. The Bertz CT molecular complexity index is 468. The van der Waals surface area contributed by atoms with Crippen LogP contribution in [0.4, 0.5) is 5.69 Å². The molecule has 0 aliphatic carbocycles. The van der Waals surface area contributed by atoms with Gasteiger partial charge in [-0.3, -0.25) is 0 Å². The van der Waals surface area contributed by atoms with E-state index in [-0.39, 0.29) is 0 Å². The van der Waals surface area contributed by atoms with Crippen LogP contribution in [0.25, 0.3) is 0 Å². The van der Waals surface area contributed by atoms with Crippen molar-refractivity contribution in [1.29, 1.82) is 0 Å². The Labute approximate surface area is 101 Å². The molecule has 0 amide bonds. The van der Waals surface area contributed by atoms with E-state index < -0.39 is 15.3 Å². The molecule has 0 atom stereocenters. The zero-order valence-electron chi connectivity index (χ0n) is 8.58. The molecule has 0 heterocycles. The number of hydrogen-bond donors (Lipinski definition) is 1. The predicted octanol–water partition coefficient (Wildman–Crippen LogP) is 2.38. The molecule has 0 bridgehead atoms. The second kappa shape index (κ2) is 5.61. The van der Waals surface area contributed by atoms with Gasteiger partial charge in [-0.05, 0) is 0 Å². The molecule has 0 fully saturated rings. The van der Waals surface area contributed by atoms with Gasteiger partial charge in [0, 0.05) is 0 Å². The van der Waals surface area contributed by atoms with Crippen LogP contribution in [-0.2, 0) is 0 Å². The summed E-state index contributed by atoms with van der Waals surface area (Å²) in [6, 6.07) is 19.4. The third-order valence-electron chi connectivity index (χ3n) is 2.09. The van der Waals surface area contributed by atoms with E-state index in [0.717, 1.165) is 15.9 Å². The van der Waals surface area contributed by atoms with Gasteiger partial charge in [0.15, 0.2) is 0 Å². The minimum atomic E-state index is -0.600. The van der Waals surface area contributed by atoms with Crippen molar-refractivity contribution < 1.29 is 4.19 Å². The molecule has 0 saturated heterocycles. The second-order valence-electron chi connectivity index (χ2n) is 3.21. The minimum absolute atomic E-state index is 0.600. The first-order valence-electron chi connectivity index (χ1n) is 4.91. The SMILES string of the molecule is O[Se]C(=Nc1ccccc1)c1ccccc1. The summed E-state index contributed by atoms with van der Waals surface area (Å²) in [5.74, 6) is 0. The van der Waals surface area contributed by atoms with Crippen LogP contribution in [0.5, 0.6) is 0 Å². The van der Waals surface area contributed by atoms with Gasteiger partial charge < -0.3 is 0 Å². The third-order valence-corrected chi connectivity index (χ3v) is 3.14. The van der Waals surface area contributed by atoms with Crippen LogP contribution in [0.15, 0.2) is 65.7 Å². The topological polar surface area (TPSA) is 32.6 Å². The first-order valence-corrected chi connectivity index (χ1v) is 6.53. The van der Waals surface area contributed by atoms with Gasteiger partial charge in [-0.2, -0.15) is 0 Å². The van der Waals surface area contributed by atoms with Gasteiger partial charge in [0.25, 0.3) is 0 Å². The average molecular weight is 276 g/mol. The quantitative estimate of drug-likeness (QED) is 0.677. The molecule has 0 saturated carbocycles. The zero-order chi connectivity index (χ0) is 11.2. The first-order chi connectivity index (χ1) is 7.90. The number of aliphatic imine (C=N–C) groups is 1. The summed E-state index contributed by atoms with van der Waals surface area (Å²) in [5, 5.41) is 0. The maximum atomic E-state index is 9.37. The molecular formula is C13H11NOSe. The summed E-state index contributed by atoms with van der Waals surface area (Å²) in [6.45, 7) is 0. The van der Waals surface area contributed by atoms with Gasteiger partial charge in [0.2, 0.25) is 0 Å². The molecule has 0 aliphatic rings. The van der Waals surface area contributed by atoms with Crippen LogP contribution >= 0.6 is 0 Å². The first kappa shape index (κ1) is 11.1. The van der Waals surface area contributed by atoms with Crippen molar-refractivity contribution in [3.63, 3.8) is 0 Å². The number of para-hydroxylation sites is 1. The fourth-order valence-electron chi connectivity index (χ4n) is 1.34. The van der Waals surface area contributed by atoms with E-state index in [4.69, 9.17) is 0 Å². The summed E-state index contributed by atoms with van der Waals surface area (Å²) in [5.41, 5.74) is 1.85. The summed E-state index contributed by atoms with van der Waals surface area (Å²) in [7, 11) is 0. The van der Waals surface area contributed by atoms with E-state index in [1.165, 1.54) is 0 Å². The van der Waals surface area contributed by atoms with Crippen molar-refractivity contribution in [2.75, 3.05) is 0 Å². The van der Waals surface area contributed by atoms with E-state index in [0.29, 0.717) is 0 Å². The monoisotopic (exact) mass is 277 g/mol. The number of hydrogen-bond acceptors (Lipinski definition) is 2. The Morgan fingerprint density at radius 2 is 1.44 bits per heavy atom. The molecule has 2 aromatic rings. The molecule has 0 aliphatic heterocycles. The Balaban J connectivity index is 2.34. The number of benzene rings is 2. The van der Waals surface area contributed by atoms with Gasteiger partial charge in [-0.25, -0.2) is 0 Å². The van der Waals surface area contributed by atoms with Crippen molar-refractivity contribution in [1.82, 2.24) is 0 Å². The van der Waals surface area contributed by atoms with Gasteiger partial charge in [-0.1, -0.05) is 0 Å². The van der Waals surface area contributed by atoms with Crippen LogP contribution in [-0.4, -0.2) is 24.1 Å². The van der Waals surface area contributed by atoms with E-state index in [2.05, 4.69) is 4.99 Å². The van der Waals surface area contributed by atoms with Crippen molar-refractivity contribution >= 4 is 25.6 Å². The van der Waals surface area contributed by atoms with E-state index >= 15 is 0 Å². The zero-order valence-corrected chi connectivity index (χ0v) is 10.3. The molecule has 0 radical (unpaired) electrons. The van der Waals surface area contributed by atoms with E-state index in [1.807, 2.05) is 60.7 Å².